The van der Waals surface area contributed by atoms with Crippen LogP contribution in [0.4, 0.5) is 0 Å². The fourth-order valence-electron chi connectivity index (χ4n) is 2.60. The second-order valence-corrected chi connectivity index (χ2v) is 4.26. The number of nitrogens with one attached hydrogen (secondary N) is 1. The third-order valence-electron chi connectivity index (χ3n) is 3.41. The molecule has 3 fully saturated rings. The van der Waals surface area contributed by atoms with E-state index in [4.69, 9.17) is 5.73 Å². The maximum atomic E-state index is 11.5. The Morgan fingerprint density at radius 2 is 2.38 bits per heavy atom. The van der Waals surface area contributed by atoms with Crippen LogP contribution in [0.2, 0.25) is 0 Å². The number of piperidine rings is 2. The van der Waals surface area contributed by atoms with Crippen LogP contribution in [0.3, 0.4) is 0 Å². The molecular formula is C9H14N2O2. The van der Waals surface area contributed by atoms with Crippen LogP contribution in [0.15, 0.2) is 0 Å². The first-order valence-corrected chi connectivity index (χ1v) is 4.67. The summed E-state index contributed by atoms with van der Waals surface area (Å²) in [6, 6.07) is 0. The summed E-state index contributed by atoms with van der Waals surface area (Å²) in [4.78, 5) is 22.7. The van der Waals surface area contributed by atoms with Gasteiger partial charge in [-0.05, 0) is 25.2 Å². The highest BCUT2D eigenvalue weighted by molar-refractivity contribution is 5.93. The molecule has 3 atom stereocenters. The zero-order chi connectivity index (χ0) is 9.64. The quantitative estimate of drug-likeness (QED) is 0.588. The van der Waals surface area contributed by atoms with E-state index in [1.807, 2.05) is 6.92 Å². The van der Waals surface area contributed by atoms with Crippen molar-refractivity contribution in [1.82, 2.24) is 5.32 Å². The van der Waals surface area contributed by atoms with E-state index < -0.39 is 5.54 Å². The summed E-state index contributed by atoms with van der Waals surface area (Å²) in [5, 5.41) is 2.75. The van der Waals surface area contributed by atoms with Crippen molar-refractivity contribution in [2.24, 2.45) is 17.6 Å². The number of hydrogen-bond donors (Lipinski definition) is 2. The van der Waals surface area contributed by atoms with Gasteiger partial charge in [0.2, 0.25) is 11.8 Å². The number of rotatable bonds is 1. The second kappa shape index (κ2) is 2.47. The van der Waals surface area contributed by atoms with E-state index in [0.717, 1.165) is 6.42 Å². The summed E-state index contributed by atoms with van der Waals surface area (Å²) in [5.41, 5.74) is 4.58. The highest BCUT2D eigenvalue weighted by Gasteiger charge is 2.51. The topological polar surface area (TPSA) is 72.2 Å². The first-order chi connectivity index (χ1) is 6.05. The highest BCUT2D eigenvalue weighted by atomic mass is 16.2. The monoisotopic (exact) mass is 182 g/mol. The van der Waals surface area contributed by atoms with Crippen LogP contribution in [0.1, 0.15) is 26.2 Å². The third-order valence-corrected chi connectivity index (χ3v) is 3.41. The number of nitrogens with two attached hydrogens (primary N) is 1. The van der Waals surface area contributed by atoms with Gasteiger partial charge in [0, 0.05) is 5.92 Å². The van der Waals surface area contributed by atoms with E-state index in [2.05, 4.69) is 5.32 Å². The second-order valence-electron chi connectivity index (χ2n) is 4.26. The van der Waals surface area contributed by atoms with Gasteiger partial charge >= 0.3 is 0 Å². The first kappa shape index (κ1) is 8.53. The Balaban J connectivity index is 2.31. The molecule has 2 bridgehead atoms. The lowest BCUT2D eigenvalue weighted by molar-refractivity contribution is -0.145. The molecule has 2 aliphatic heterocycles. The van der Waals surface area contributed by atoms with Crippen molar-refractivity contribution in [3.8, 4) is 0 Å². The molecule has 2 heterocycles. The molecule has 1 saturated carbocycles. The standard InChI is InChI=1S/C9H14N2O2/c1-5-4-9(8(10)13)3-2-6(5)7(12)11-9/h5-6H,2-4H2,1H3,(H2,10,13)(H,11,12)/t5-,6?,9?/m0/s1. The zero-order valence-electron chi connectivity index (χ0n) is 7.67. The fraction of sp³-hybridized carbons (Fsp3) is 0.778. The molecule has 3 rings (SSSR count). The maximum Gasteiger partial charge on any atom is 0.243 e. The Morgan fingerprint density at radius 3 is 2.85 bits per heavy atom. The molecule has 3 aliphatic rings. The molecule has 4 nitrogen and oxygen atoms in total. The van der Waals surface area contributed by atoms with Crippen LogP contribution in [0.5, 0.6) is 0 Å². The molecule has 0 radical (unpaired) electrons. The number of primary amides is 1. The van der Waals surface area contributed by atoms with Crippen molar-refractivity contribution in [2.45, 2.75) is 31.7 Å². The third kappa shape index (κ3) is 1.04. The number of fused-ring (bicyclic) bond motifs is 3. The fourth-order valence-corrected chi connectivity index (χ4v) is 2.60. The van der Waals surface area contributed by atoms with E-state index in [9.17, 15) is 9.59 Å². The summed E-state index contributed by atoms with van der Waals surface area (Å²) in [6.45, 7) is 2.01. The van der Waals surface area contributed by atoms with E-state index in [1.165, 1.54) is 0 Å². The minimum Gasteiger partial charge on any atom is -0.368 e. The lowest BCUT2D eigenvalue weighted by Gasteiger charge is -2.47. The molecule has 0 aromatic rings. The lowest BCUT2D eigenvalue weighted by Crippen LogP contribution is -2.67. The molecule has 72 valence electrons. The molecule has 0 spiro atoms. The van der Waals surface area contributed by atoms with Crippen LogP contribution in [-0.4, -0.2) is 17.4 Å². The van der Waals surface area contributed by atoms with Gasteiger partial charge in [0.05, 0.1) is 0 Å². The minimum atomic E-state index is -0.731. The molecule has 2 unspecified atom stereocenters. The van der Waals surface area contributed by atoms with E-state index in [-0.39, 0.29) is 23.7 Å². The molecule has 13 heavy (non-hydrogen) atoms. The van der Waals surface area contributed by atoms with Gasteiger partial charge in [-0.2, -0.15) is 0 Å². The number of carbonyl (C=O) groups is 2. The summed E-state index contributed by atoms with van der Waals surface area (Å²) < 4.78 is 0. The van der Waals surface area contributed by atoms with Crippen molar-refractivity contribution in [3.63, 3.8) is 0 Å². The molecule has 2 amide bonds. The molecule has 3 N–H and O–H groups in total. The van der Waals surface area contributed by atoms with E-state index >= 15 is 0 Å². The van der Waals surface area contributed by atoms with Gasteiger partial charge in [0.25, 0.3) is 0 Å². The van der Waals surface area contributed by atoms with Gasteiger partial charge in [-0.15, -0.1) is 0 Å². The SMILES string of the molecule is C[C@H]1CC2(C(N)=O)CCC1C(=O)N2. The summed E-state index contributed by atoms with van der Waals surface area (Å²) in [7, 11) is 0. The van der Waals surface area contributed by atoms with Crippen molar-refractivity contribution < 1.29 is 9.59 Å². The average Bonchev–Trinajstić information content (AvgIpc) is 2.03. The molecule has 1 aliphatic carbocycles. The highest BCUT2D eigenvalue weighted by Crippen LogP contribution is 2.41. The zero-order valence-corrected chi connectivity index (χ0v) is 7.67. The lowest BCUT2D eigenvalue weighted by atomic mass is 9.66. The van der Waals surface area contributed by atoms with Crippen molar-refractivity contribution in [1.29, 1.82) is 0 Å². The van der Waals surface area contributed by atoms with Gasteiger partial charge < -0.3 is 11.1 Å². The van der Waals surface area contributed by atoms with Gasteiger partial charge in [-0.1, -0.05) is 6.92 Å². The predicted octanol–water partition coefficient (Wildman–Crippen LogP) is -0.223. The van der Waals surface area contributed by atoms with Crippen molar-refractivity contribution >= 4 is 11.8 Å². The van der Waals surface area contributed by atoms with E-state index in [0.29, 0.717) is 12.8 Å². The molecule has 0 aromatic carbocycles. The predicted molar refractivity (Wildman–Crippen MR) is 46.6 cm³/mol. The molecular weight excluding hydrogens is 168 g/mol. The Kier molecular flexibility index (Phi) is 1.62. The van der Waals surface area contributed by atoms with Crippen molar-refractivity contribution in [3.05, 3.63) is 0 Å². The smallest absolute Gasteiger partial charge is 0.243 e. The van der Waals surface area contributed by atoms with Crippen LogP contribution >= 0.6 is 0 Å². The molecule has 0 aromatic heterocycles. The van der Waals surface area contributed by atoms with Crippen LogP contribution in [0.25, 0.3) is 0 Å². The minimum absolute atomic E-state index is 0.00352. The maximum absolute atomic E-state index is 11.5. The van der Waals surface area contributed by atoms with Gasteiger partial charge in [0.15, 0.2) is 0 Å². The number of amides is 2. The Morgan fingerprint density at radius 1 is 1.69 bits per heavy atom. The largest absolute Gasteiger partial charge is 0.368 e. The van der Waals surface area contributed by atoms with Gasteiger partial charge in [-0.25, -0.2) is 0 Å². The normalized spacial score (nSPS) is 43.0. The number of carbonyl (C=O) groups excluding carboxylic acids is 2. The number of hydrogen-bond acceptors (Lipinski definition) is 2. The average molecular weight is 182 g/mol. The van der Waals surface area contributed by atoms with Gasteiger partial charge in [0.1, 0.15) is 5.54 Å². The summed E-state index contributed by atoms with van der Waals surface area (Å²) in [6.07, 6.45) is 2.22. The van der Waals surface area contributed by atoms with Crippen LogP contribution in [0, 0.1) is 11.8 Å². The van der Waals surface area contributed by atoms with Gasteiger partial charge in [-0.3, -0.25) is 9.59 Å². The summed E-state index contributed by atoms with van der Waals surface area (Å²) >= 11 is 0. The summed E-state index contributed by atoms with van der Waals surface area (Å²) in [5.74, 6) is 0.00544. The Hall–Kier alpha value is -1.06. The Labute approximate surface area is 76.9 Å². The molecule has 4 heteroatoms. The molecule has 2 saturated heterocycles. The van der Waals surface area contributed by atoms with E-state index in [1.54, 1.807) is 0 Å². The Bertz CT molecular complexity index is 277. The van der Waals surface area contributed by atoms with Crippen LogP contribution < -0.4 is 11.1 Å². The first-order valence-electron chi connectivity index (χ1n) is 4.67. The van der Waals surface area contributed by atoms with Crippen molar-refractivity contribution in [2.75, 3.05) is 0 Å². The van der Waals surface area contributed by atoms with Crippen LogP contribution in [-0.2, 0) is 9.59 Å².